The summed E-state index contributed by atoms with van der Waals surface area (Å²) >= 11 is 0. The molecule has 1 fully saturated rings. The van der Waals surface area contributed by atoms with E-state index >= 15 is 0 Å². The van der Waals surface area contributed by atoms with Crippen molar-refractivity contribution in [3.8, 4) is 0 Å². The molecule has 0 aromatic heterocycles. The van der Waals surface area contributed by atoms with Gasteiger partial charge in [-0.1, -0.05) is 19.9 Å². The lowest BCUT2D eigenvalue weighted by atomic mass is 10.1. The van der Waals surface area contributed by atoms with Crippen LogP contribution in [0.5, 0.6) is 0 Å². The van der Waals surface area contributed by atoms with Crippen LogP contribution in [0.4, 0.5) is 8.78 Å². The fraction of sp³-hybridized carbons (Fsp3) is 0.636. The van der Waals surface area contributed by atoms with Crippen molar-refractivity contribution in [3.63, 3.8) is 0 Å². The van der Waals surface area contributed by atoms with Crippen LogP contribution >= 0.6 is 0 Å². The summed E-state index contributed by atoms with van der Waals surface area (Å²) in [6.45, 7) is 3.55. The van der Waals surface area contributed by atoms with E-state index in [-0.39, 0.29) is 5.92 Å². The molecule has 1 aliphatic rings. The third-order valence-electron chi connectivity index (χ3n) is 3.02. The van der Waals surface area contributed by atoms with E-state index in [0.29, 0.717) is 0 Å². The number of halogens is 2. The summed E-state index contributed by atoms with van der Waals surface area (Å²) in [5.41, 5.74) is -0.395. The van der Waals surface area contributed by atoms with Gasteiger partial charge in [0.25, 0.3) is 0 Å². The van der Waals surface area contributed by atoms with Crippen molar-refractivity contribution < 1.29 is 23.5 Å². The molecule has 1 N–H and O–H groups in total. The average Bonchev–Trinajstić information content (AvgIpc) is 2.63. The molecule has 1 aliphatic carbocycles. The molecule has 0 radical (unpaired) electrons. The summed E-state index contributed by atoms with van der Waals surface area (Å²) in [4.78, 5) is 21.7. The number of rotatable bonds is 5. The van der Waals surface area contributed by atoms with Gasteiger partial charge in [0, 0.05) is 0 Å². The van der Waals surface area contributed by atoms with Crippen LogP contribution in [0.2, 0.25) is 0 Å². The van der Waals surface area contributed by atoms with Gasteiger partial charge in [-0.3, -0.25) is 9.59 Å². The first-order valence-electron chi connectivity index (χ1n) is 4.98. The Kier molecular flexibility index (Phi) is 3.45. The number of carboxylic acid groups (broad SMARTS) is 1. The van der Waals surface area contributed by atoms with Gasteiger partial charge in [0.15, 0.2) is 5.78 Å². The van der Waals surface area contributed by atoms with E-state index in [0.717, 1.165) is 6.08 Å². The first-order valence-corrected chi connectivity index (χ1v) is 4.98. The van der Waals surface area contributed by atoms with Crippen LogP contribution < -0.4 is 0 Å². The molecular formula is C11H14F2O3. The minimum Gasteiger partial charge on any atom is -0.481 e. The number of allylic oxidation sites excluding steroid dienone is 2. The monoisotopic (exact) mass is 232 g/mol. The molecule has 90 valence electrons. The largest absolute Gasteiger partial charge is 0.481 e. The fourth-order valence-corrected chi connectivity index (χ4v) is 1.94. The Morgan fingerprint density at radius 2 is 2.00 bits per heavy atom. The first-order chi connectivity index (χ1) is 7.26. The highest BCUT2D eigenvalue weighted by atomic mass is 19.3. The van der Waals surface area contributed by atoms with Gasteiger partial charge in [-0.2, -0.15) is 0 Å². The molecule has 5 heteroatoms. The highest BCUT2D eigenvalue weighted by Gasteiger charge is 2.60. The zero-order valence-corrected chi connectivity index (χ0v) is 9.11. The molecule has 3 nitrogen and oxygen atoms in total. The molecule has 0 saturated heterocycles. The molecule has 1 rings (SSSR count). The number of carbonyl (C=O) groups is 2. The van der Waals surface area contributed by atoms with Crippen molar-refractivity contribution in [1.82, 2.24) is 0 Å². The minimum absolute atomic E-state index is 0.244. The maximum absolute atomic E-state index is 11.8. The molecule has 16 heavy (non-hydrogen) atoms. The number of carbonyl (C=O) groups excluding carboxylic acids is 1. The van der Waals surface area contributed by atoms with Crippen molar-refractivity contribution in [3.05, 3.63) is 12.2 Å². The first kappa shape index (κ1) is 12.8. The van der Waals surface area contributed by atoms with Crippen LogP contribution in [-0.2, 0) is 9.59 Å². The van der Waals surface area contributed by atoms with Gasteiger partial charge in [0.1, 0.15) is 0 Å². The Morgan fingerprint density at radius 1 is 1.44 bits per heavy atom. The van der Waals surface area contributed by atoms with Crippen LogP contribution in [0, 0.1) is 17.3 Å². The Bertz CT molecular complexity index is 334. The molecule has 0 amide bonds. The quantitative estimate of drug-likeness (QED) is 0.739. The van der Waals surface area contributed by atoms with Gasteiger partial charge in [-0.05, 0) is 17.4 Å². The summed E-state index contributed by atoms with van der Waals surface area (Å²) in [7, 11) is 0. The second kappa shape index (κ2) is 4.31. The molecule has 2 atom stereocenters. The van der Waals surface area contributed by atoms with Crippen LogP contribution in [0.15, 0.2) is 12.2 Å². The average molecular weight is 232 g/mol. The van der Waals surface area contributed by atoms with Crippen molar-refractivity contribution >= 4 is 11.8 Å². The highest BCUT2D eigenvalue weighted by Crippen LogP contribution is 2.59. The third kappa shape index (κ3) is 2.65. The van der Waals surface area contributed by atoms with E-state index in [2.05, 4.69) is 0 Å². The maximum atomic E-state index is 11.8. The third-order valence-corrected chi connectivity index (χ3v) is 3.02. The number of carboxylic acids is 1. The van der Waals surface area contributed by atoms with Gasteiger partial charge < -0.3 is 5.11 Å². The zero-order valence-electron chi connectivity index (χ0n) is 9.11. The van der Waals surface area contributed by atoms with Gasteiger partial charge in [0.2, 0.25) is 6.43 Å². The van der Waals surface area contributed by atoms with E-state index in [1.54, 1.807) is 13.8 Å². The highest BCUT2D eigenvalue weighted by molar-refractivity contribution is 5.90. The van der Waals surface area contributed by atoms with Gasteiger partial charge in [-0.15, -0.1) is 0 Å². The number of hydrogen-bond acceptors (Lipinski definition) is 2. The summed E-state index contributed by atoms with van der Waals surface area (Å²) in [6.07, 6.45) is -0.952. The predicted octanol–water partition coefficient (Wildman–Crippen LogP) is 2.12. The molecule has 0 spiro atoms. The van der Waals surface area contributed by atoms with Crippen LogP contribution in [-0.4, -0.2) is 23.3 Å². The predicted molar refractivity (Wildman–Crippen MR) is 53.2 cm³/mol. The van der Waals surface area contributed by atoms with Crippen molar-refractivity contribution in [2.75, 3.05) is 0 Å². The number of hydrogen-bond donors (Lipinski definition) is 1. The zero-order chi connectivity index (χ0) is 12.5. The second-order valence-electron chi connectivity index (χ2n) is 4.58. The molecular weight excluding hydrogens is 218 g/mol. The van der Waals surface area contributed by atoms with E-state index in [1.165, 1.54) is 6.08 Å². The van der Waals surface area contributed by atoms with Crippen molar-refractivity contribution in [2.45, 2.75) is 26.7 Å². The van der Waals surface area contributed by atoms with E-state index in [9.17, 15) is 18.4 Å². The Hall–Kier alpha value is -1.26. The SMILES string of the molecule is CC1(C)C(/C=C\C(=O)CC(F)F)C1C(=O)O. The fourth-order valence-electron chi connectivity index (χ4n) is 1.94. The van der Waals surface area contributed by atoms with E-state index in [4.69, 9.17) is 5.11 Å². The maximum Gasteiger partial charge on any atom is 0.307 e. The Morgan fingerprint density at radius 3 is 2.38 bits per heavy atom. The summed E-state index contributed by atoms with van der Waals surface area (Å²) in [6, 6.07) is 0. The number of ketones is 1. The minimum atomic E-state index is -2.65. The second-order valence-corrected chi connectivity index (χ2v) is 4.58. The topological polar surface area (TPSA) is 54.4 Å². The molecule has 0 aromatic rings. The molecule has 2 unspecified atom stereocenters. The lowest BCUT2D eigenvalue weighted by molar-refractivity contribution is -0.139. The van der Waals surface area contributed by atoms with E-state index in [1.807, 2.05) is 0 Å². The Labute approximate surface area is 92.1 Å². The normalized spacial score (nSPS) is 27.3. The summed E-state index contributed by atoms with van der Waals surface area (Å²) in [5.74, 6) is -2.35. The van der Waals surface area contributed by atoms with Crippen LogP contribution in [0.25, 0.3) is 0 Å². The summed E-state index contributed by atoms with van der Waals surface area (Å²) < 4.78 is 23.7. The smallest absolute Gasteiger partial charge is 0.307 e. The van der Waals surface area contributed by atoms with Gasteiger partial charge in [-0.25, -0.2) is 8.78 Å². The standard InChI is InChI=1S/C11H14F2O3/c1-11(2)7(9(11)10(15)16)4-3-6(14)5-8(12)13/h3-4,7-9H,5H2,1-2H3,(H,15,16)/b4-3-. The summed E-state index contributed by atoms with van der Waals surface area (Å²) in [5, 5.41) is 8.83. The number of alkyl halides is 2. The molecule has 0 bridgehead atoms. The molecule has 1 saturated carbocycles. The lowest BCUT2D eigenvalue weighted by Gasteiger charge is -1.96. The van der Waals surface area contributed by atoms with Crippen LogP contribution in [0.3, 0.4) is 0 Å². The lowest BCUT2D eigenvalue weighted by Crippen LogP contribution is -2.03. The van der Waals surface area contributed by atoms with Gasteiger partial charge >= 0.3 is 5.97 Å². The molecule has 0 aromatic carbocycles. The van der Waals surface area contributed by atoms with Crippen LogP contribution in [0.1, 0.15) is 20.3 Å². The van der Waals surface area contributed by atoms with Crippen molar-refractivity contribution in [1.29, 1.82) is 0 Å². The molecule has 0 aliphatic heterocycles. The Balaban J connectivity index is 2.54. The number of aliphatic carboxylic acids is 1. The van der Waals surface area contributed by atoms with Crippen molar-refractivity contribution in [2.24, 2.45) is 17.3 Å². The molecule has 0 heterocycles. The van der Waals surface area contributed by atoms with E-state index < -0.39 is 35.9 Å². The van der Waals surface area contributed by atoms with Gasteiger partial charge in [0.05, 0.1) is 12.3 Å².